The fraction of sp³-hybridized carbons (Fsp3) is 0.333. The Labute approximate surface area is 160 Å². The molecule has 1 aliphatic rings. The molecule has 0 atom stereocenters. The van der Waals surface area contributed by atoms with Gasteiger partial charge in [0.15, 0.2) is 6.54 Å². The minimum Gasteiger partial charge on any atom is -0.508 e. The Kier molecular flexibility index (Phi) is 6.57. The number of phenolic OH excluding ortho intramolecular Hbond substituents is 1. The highest BCUT2D eigenvalue weighted by atomic mass is 16.3. The minimum atomic E-state index is -0.0676. The molecular weight excluding hydrogens is 340 g/mol. The molecule has 1 fully saturated rings. The second-order valence-electron chi connectivity index (χ2n) is 7.22. The first-order chi connectivity index (χ1) is 13.1. The first kappa shape index (κ1) is 19.1. The number of carbonyl (C=O) groups excluding carboxylic acids is 1. The third-order valence-corrected chi connectivity index (χ3v) is 4.95. The van der Waals surface area contributed by atoms with Crippen LogP contribution in [0, 0.1) is 6.92 Å². The predicted octanol–water partition coefficient (Wildman–Crippen LogP) is -0.866. The van der Waals surface area contributed by atoms with Crippen LogP contribution in [0.15, 0.2) is 53.6 Å². The highest BCUT2D eigenvalue weighted by Crippen LogP contribution is 2.07. The van der Waals surface area contributed by atoms with Gasteiger partial charge in [0.1, 0.15) is 38.5 Å². The summed E-state index contributed by atoms with van der Waals surface area (Å²) in [6.45, 7) is 7.76. The number of aromatic hydroxyl groups is 1. The van der Waals surface area contributed by atoms with Crippen LogP contribution in [0.2, 0.25) is 0 Å². The lowest BCUT2D eigenvalue weighted by Crippen LogP contribution is -3.28. The Balaban J connectivity index is 1.37. The van der Waals surface area contributed by atoms with Crippen LogP contribution < -0.4 is 15.2 Å². The number of carbonyl (C=O) groups is 1. The van der Waals surface area contributed by atoms with Gasteiger partial charge >= 0.3 is 0 Å². The number of quaternary nitrogens is 2. The molecule has 4 N–H and O–H groups in total. The zero-order valence-electron chi connectivity index (χ0n) is 15.7. The highest BCUT2D eigenvalue weighted by molar-refractivity contribution is 5.82. The number of nitrogens with zero attached hydrogens (tertiary/aromatic N) is 1. The fourth-order valence-corrected chi connectivity index (χ4v) is 3.31. The van der Waals surface area contributed by atoms with E-state index in [1.165, 1.54) is 16.0 Å². The number of nitrogens with one attached hydrogen (secondary N) is 3. The molecule has 0 radical (unpaired) electrons. The van der Waals surface area contributed by atoms with Gasteiger partial charge in [0.25, 0.3) is 5.91 Å². The first-order valence-corrected chi connectivity index (χ1v) is 9.42. The maximum atomic E-state index is 12.1. The summed E-state index contributed by atoms with van der Waals surface area (Å²) in [7, 11) is 0. The Morgan fingerprint density at radius 1 is 1.04 bits per heavy atom. The summed E-state index contributed by atoms with van der Waals surface area (Å²) in [6, 6.07) is 15.4. The average molecular weight is 368 g/mol. The molecule has 1 saturated heterocycles. The number of amides is 1. The topological polar surface area (TPSA) is 70.6 Å². The van der Waals surface area contributed by atoms with Crippen molar-refractivity contribution in [2.75, 3.05) is 32.7 Å². The van der Waals surface area contributed by atoms with Crippen molar-refractivity contribution in [1.29, 1.82) is 0 Å². The van der Waals surface area contributed by atoms with E-state index >= 15 is 0 Å². The fourth-order valence-electron chi connectivity index (χ4n) is 3.31. The molecule has 0 aromatic heterocycles. The second-order valence-corrected chi connectivity index (χ2v) is 7.22. The smallest absolute Gasteiger partial charge is 0.295 e. The molecule has 3 rings (SSSR count). The Hall–Kier alpha value is -2.70. The number of hydrazone groups is 1. The summed E-state index contributed by atoms with van der Waals surface area (Å²) in [5.74, 6) is 0.144. The summed E-state index contributed by atoms with van der Waals surface area (Å²) < 4.78 is 0. The van der Waals surface area contributed by atoms with Crippen LogP contribution in [0.5, 0.6) is 5.75 Å². The molecule has 0 spiro atoms. The third-order valence-electron chi connectivity index (χ3n) is 4.95. The largest absolute Gasteiger partial charge is 0.508 e. The van der Waals surface area contributed by atoms with Gasteiger partial charge in [-0.05, 0) is 36.8 Å². The van der Waals surface area contributed by atoms with Gasteiger partial charge in [-0.15, -0.1) is 0 Å². The van der Waals surface area contributed by atoms with E-state index in [2.05, 4.69) is 41.7 Å². The van der Waals surface area contributed by atoms with Gasteiger partial charge in [-0.3, -0.25) is 4.79 Å². The van der Waals surface area contributed by atoms with Gasteiger partial charge in [-0.1, -0.05) is 29.8 Å². The maximum absolute atomic E-state index is 12.1. The molecule has 27 heavy (non-hydrogen) atoms. The van der Waals surface area contributed by atoms with Crippen LogP contribution >= 0.6 is 0 Å². The van der Waals surface area contributed by atoms with Gasteiger partial charge < -0.3 is 14.9 Å². The van der Waals surface area contributed by atoms with Crippen molar-refractivity contribution in [3.63, 3.8) is 0 Å². The maximum Gasteiger partial charge on any atom is 0.295 e. The van der Waals surface area contributed by atoms with E-state index < -0.39 is 0 Å². The van der Waals surface area contributed by atoms with Gasteiger partial charge in [-0.2, -0.15) is 5.10 Å². The molecule has 2 aromatic rings. The Morgan fingerprint density at radius 3 is 2.33 bits per heavy atom. The van der Waals surface area contributed by atoms with Crippen LogP contribution in [0.1, 0.15) is 16.7 Å². The lowest BCUT2D eigenvalue weighted by atomic mass is 10.1. The second kappa shape index (κ2) is 9.30. The van der Waals surface area contributed by atoms with E-state index in [1.54, 1.807) is 35.4 Å². The highest BCUT2D eigenvalue weighted by Gasteiger charge is 2.24. The quantitative estimate of drug-likeness (QED) is 0.396. The van der Waals surface area contributed by atoms with Crippen molar-refractivity contribution < 1.29 is 19.7 Å². The van der Waals surface area contributed by atoms with E-state index in [0.29, 0.717) is 6.54 Å². The van der Waals surface area contributed by atoms with Crippen LogP contribution in [-0.2, 0) is 11.3 Å². The average Bonchev–Trinajstić information content (AvgIpc) is 2.67. The summed E-state index contributed by atoms with van der Waals surface area (Å²) in [5.41, 5.74) is 6.09. The standard InChI is InChI=1S/C21H26N4O2/c1-17-2-4-19(5-3-17)15-24-10-12-25(13-11-24)16-21(27)23-22-14-18-6-8-20(26)9-7-18/h2-9,14,26H,10-13,15-16H2,1H3,(H,23,27)/p+2/b22-14+. The molecule has 1 amide bonds. The lowest BCUT2D eigenvalue weighted by Gasteiger charge is -2.29. The predicted molar refractivity (Wildman–Crippen MR) is 105 cm³/mol. The molecule has 0 unspecified atom stereocenters. The summed E-state index contributed by atoms with van der Waals surface area (Å²) >= 11 is 0. The van der Waals surface area contributed by atoms with Crippen molar-refractivity contribution in [3.05, 3.63) is 65.2 Å². The van der Waals surface area contributed by atoms with E-state index in [1.807, 2.05) is 0 Å². The SMILES string of the molecule is Cc1ccc(C[NH+]2CC[NH+](CC(=O)N/N=C/c3ccc(O)cc3)CC2)cc1. The number of phenols is 1. The Morgan fingerprint density at radius 2 is 1.67 bits per heavy atom. The molecular formula is C21H28N4O2+2. The number of aryl methyl sites for hydroxylation is 1. The monoisotopic (exact) mass is 368 g/mol. The molecule has 6 heteroatoms. The Bertz CT molecular complexity index is 764. The molecule has 6 nitrogen and oxygen atoms in total. The molecule has 2 aromatic carbocycles. The lowest BCUT2D eigenvalue weighted by molar-refractivity contribution is -1.02. The van der Waals surface area contributed by atoms with Crippen LogP contribution in [0.4, 0.5) is 0 Å². The van der Waals surface area contributed by atoms with Gasteiger partial charge in [-0.25, -0.2) is 5.43 Å². The van der Waals surface area contributed by atoms with Crippen molar-refractivity contribution in [1.82, 2.24) is 5.43 Å². The van der Waals surface area contributed by atoms with Crippen LogP contribution in [0.25, 0.3) is 0 Å². The summed E-state index contributed by atoms with van der Waals surface area (Å²) in [5, 5.41) is 13.2. The molecule has 0 aliphatic carbocycles. The zero-order chi connectivity index (χ0) is 19.1. The van der Waals surface area contributed by atoms with Gasteiger partial charge in [0, 0.05) is 5.56 Å². The van der Waals surface area contributed by atoms with Crippen molar-refractivity contribution >= 4 is 12.1 Å². The minimum absolute atomic E-state index is 0.0676. The molecule has 0 bridgehead atoms. The number of hydrogen-bond donors (Lipinski definition) is 4. The molecule has 142 valence electrons. The third kappa shape index (κ3) is 6.20. The van der Waals surface area contributed by atoms with Gasteiger partial charge in [0.2, 0.25) is 0 Å². The summed E-state index contributed by atoms with van der Waals surface area (Å²) in [6.07, 6.45) is 1.58. The van der Waals surface area contributed by atoms with Gasteiger partial charge in [0.05, 0.1) is 6.21 Å². The normalized spacial score (nSPS) is 19.9. The molecule has 1 heterocycles. The number of hydrogen-bond acceptors (Lipinski definition) is 3. The zero-order valence-corrected chi connectivity index (χ0v) is 15.7. The number of piperazine rings is 1. The van der Waals surface area contributed by atoms with Crippen molar-refractivity contribution in [3.8, 4) is 5.75 Å². The molecule has 1 aliphatic heterocycles. The summed E-state index contributed by atoms with van der Waals surface area (Å²) in [4.78, 5) is 15.0. The van der Waals surface area contributed by atoms with Crippen LogP contribution in [0.3, 0.4) is 0 Å². The van der Waals surface area contributed by atoms with E-state index in [-0.39, 0.29) is 11.7 Å². The number of rotatable bonds is 6. The van der Waals surface area contributed by atoms with Crippen molar-refractivity contribution in [2.45, 2.75) is 13.5 Å². The van der Waals surface area contributed by atoms with Crippen LogP contribution in [-0.4, -0.2) is 50.0 Å². The van der Waals surface area contributed by atoms with Crippen molar-refractivity contribution in [2.24, 2.45) is 5.10 Å². The van der Waals surface area contributed by atoms with E-state index in [4.69, 9.17) is 0 Å². The number of benzene rings is 2. The molecule has 0 saturated carbocycles. The first-order valence-electron chi connectivity index (χ1n) is 9.42. The van der Waals surface area contributed by atoms with E-state index in [9.17, 15) is 9.90 Å². The van der Waals surface area contributed by atoms with E-state index in [0.717, 1.165) is 38.3 Å².